The predicted molar refractivity (Wildman–Crippen MR) is 123 cm³/mol. The summed E-state index contributed by atoms with van der Waals surface area (Å²) in [6.07, 6.45) is 10.0. The van der Waals surface area contributed by atoms with Gasteiger partial charge in [0.15, 0.2) is 0 Å². The van der Waals surface area contributed by atoms with E-state index in [2.05, 4.69) is 4.98 Å². The van der Waals surface area contributed by atoms with Crippen molar-refractivity contribution in [2.24, 2.45) is 17.8 Å². The van der Waals surface area contributed by atoms with Gasteiger partial charge in [-0.3, -0.25) is 4.79 Å². The van der Waals surface area contributed by atoms with Crippen molar-refractivity contribution in [3.63, 3.8) is 0 Å². The van der Waals surface area contributed by atoms with Crippen LogP contribution in [0.1, 0.15) is 68.7 Å². The number of hydrogen-bond acceptors (Lipinski definition) is 2. The van der Waals surface area contributed by atoms with Gasteiger partial charge < -0.3 is 4.98 Å². The van der Waals surface area contributed by atoms with Crippen molar-refractivity contribution in [3.8, 4) is 11.1 Å². The van der Waals surface area contributed by atoms with Crippen LogP contribution in [0.4, 0.5) is 0 Å². The molecule has 0 amide bonds. The van der Waals surface area contributed by atoms with Gasteiger partial charge in [0.1, 0.15) is 5.65 Å². The summed E-state index contributed by atoms with van der Waals surface area (Å²) < 4.78 is 1.57. The second-order valence-corrected chi connectivity index (χ2v) is 11.5. The molecule has 3 aromatic rings. The van der Waals surface area contributed by atoms with Gasteiger partial charge in [0, 0.05) is 39.2 Å². The SMILES string of the molecule is O=c1cc(C23CC4CC(CC(C4)C2)C3)[nH]c2c(-c3ccc(Cl)cc3Cl)c(C3CC3)nn12. The maximum Gasteiger partial charge on any atom is 0.274 e. The molecule has 6 heteroatoms. The van der Waals surface area contributed by atoms with Crippen LogP contribution in [0.2, 0.25) is 10.0 Å². The molecule has 0 aliphatic heterocycles. The van der Waals surface area contributed by atoms with E-state index in [0.717, 1.165) is 58.8 Å². The molecule has 0 atom stereocenters. The average Bonchev–Trinajstić information content (AvgIpc) is 3.48. The van der Waals surface area contributed by atoms with Crippen LogP contribution in [0.3, 0.4) is 0 Å². The van der Waals surface area contributed by atoms with Crippen molar-refractivity contribution in [2.45, 2.75) is 62.7 Å². The third-order valence-electron chi connectivity index (χ3n) is 8.42. The molecule has 5 aliphatic carbocycles. The van der Waals surface area contributed by atoms with Gasteiger partial charge in [-0.15, -0.1) is 0 Å². The lowest BCUT2D eigenvalue weighted by atomic mass is 9.49. The highest BCUT2D eigenvalue weighted by Gasteiger charge is 2.52. The Hall–Kier alpha value is -1.78. The topological polar surface area (TPSA) is 50.2 Å². The monoisotopic (exact) mass is 453 g/mol. The van der Waals surface area contributed by atoms with E-state index in [-0.39, 0.29) is 11.0 Å². The van der Waals surface area contributed by atoms with Crippen LogP contribution in [-0.4, -0.2) is 14.6 Å². The van der Waals surface area contributed by atoms with Crippen LogP contribution >= 0.6 is 23.2 Å². The summed E-state index contributed by atoms with van der Waals surface area (Å²) in [4.78, 5) is 17.0. The third-order valence-corrected chi connectivity index (χ3v) is 8.96. The zero-order valence-corrected chi connectivity index (χ0v) is 18.8. The Morgan fingerprint density at radius 2 is 1.68 bits per heavy atom. The zero-order valence-electron chi connectivity index (χ0n) is 17.3. The number of benzene rings is 1. The van der Waals surface area contributed by atoms with E-state index in [9.17, 15) is 4.79 Å². The fourth-order valence-electron chi connectivity index (χ4n) is 7.38. The smallest absolute Gasteiger partial charge is 0.274 e. The van der Waals surface area contributed by atoms with Crippen LogP contribution in [0.25, 0.3) is 16.8 Å². The highest BCUT2D eigenvalue weighted by molar-refractivity contribution is 6.36. The van der Waals surface area contributed by atoms with Crippen molar-refractivity contribution < 1.29 is 0 Å². The Morgan fingerprint density at radius 1 is 1.00 bits per heavy atom. The fourth-order valence-corrected chi connectivity index (χ4v) is 7.89. The van der Waals surface area contributed by atoms with E-state index in [0.29, 0.717) is 16.0 Å². The molecule has 0 unspecified atom stereocenters. The van der Waals surface area contributed by atoms with Gasteiger partial charge in [0.2, 0.25) is 0 Å². The van der Waals surface area contributed by atoms with Gasteiger partial charge in [-0.2, -0.15) is 9.61 Å². The first-order valence-corrected chi connectivity index (χ1v) is 12.4. The number of halogens is 2. The Labute approximate surface area is 191 Å². The van der Waals surface area contributed by atoms with Crippen LogP contribution in [0.15, 0.2) is 29.1 Å². The van der Waals surface area contributed by atoms with Crippen LogP contribution in [0.5, 0.6) is 0 Å². The lowest BCUT2D eigenvalue weighted by molar-refractivity contribution is -0.00719. The molecule has 2 aromatic heterocycles. The van der Waals surface area contributed by atoms with E-state index in [1.807, 2.05) is 18.2 Å². The zero-order chi connectivity index (χ0) is 20.9. The van der Waals surface area contributed by atoms with E-state index in [4.69, 9.17) is 28.3 Å². The lowest BCUT2D eigenvalue weighted by Crippen LogP contribution is -2.49. The van der Waals surface area contributed by atoms with Crippen LogP contribution in [0, 0.1) is 17.8 Å². The molecule has 4 bridgehead atoms. The first kappa shape index (κ1) is 18.8. The summed E-state index contributed by atoms with van der Waals surface area (Å²) >= 11 is 12.8. The van der Waals surface area contributed by atoms with Gasteiger partial charge in [-0.1, -0.05) is 29.3 Å². The number of fused-ring (bicyclic) bond motifs is 1. The number of H-pyrrole nitrogens is 1. The summed E-state index contributed by atoms with van der Waals surface area (Å²) in [5, 5.41) is 6.00. The molecule has 4 nitrogen and oxygen atoms in total. The molecule has 5 aliphatic rings. The van der Waals surface area contributed by atoms with Crippen LogP contribution < -0.4 is 5.56 Å². The summed E-state index contributed by atoms with van der Waals surface area (Å²) in [6, 6.07) is 7.45. The highest BCUT2D eigenvalue weighted by atomic mass is 35.5. The molecule has 5 fully saturated rings. The molecule has 0 saturated heterocycles. The maximum atomic E-state index is 13.3. The standard InChI is InChI=1S/C25H25Cl2N3O/c26-17-3-4-18(19(27)8-17)22-23(16-1-2-16)29-30-21(31)9-20(28-24(22)30)25-10-13-5-14(11-25)7-15(6-13)12-25/h3-4,8-9,13-16,28H,1-2,5-7,10-12H2. The number of nitrogens with zero attached hydrogens (tertiary/aromatic N) is 2. The quantitative estimate of drug-likeness (QED) is 0.502. The fraction of sp³-hybridized carbons (Fsp3) is 0.520. The van der Waals surface area contributed by atoms with Gasteiger partial charge in [-0.05, 0) is 81.3 Å². The van der Waals surface area contributed by atoms with E-state index in [1.54, 1.807) is 10.6 Å². The van der Waals surface area contributed by atoms with E-state index in [1.165, 1.54) is 38.5 Å². The second-order valence-electron chi connectivity index (χ2n) is 10.6. The Kier molecular flexibility index (Phi) is 3.86. The van der Waals surface area contributed by atoms with Crippen molar-refractivity contribution in [3.05, 3.63) is 56.1 Å². The molecule has 2 heterocycles. The third kappa shape index (κ3) is 2.80. The van der Waals surface area contributed by atoms with Crippen molar-refractivity contribution in [1.82, 2.24) is 14.6 Å². The predicted octanol–water partition coefficient (Wildman–Crippen LogP) is 6.34. The molecule has 0 radical (unpaired) electrons. The first-order valence-electron chi connectivity index (χ1n) is 11.6. The van der Waals surface area contributed by atoms with Crippen LogP contribution in [-0.2, 0) is 5.41 Å². The maximum absolute atomic E-state index is 13.3. The molecule has 0 spiro atoms. The Morgan fingerprint density at radius 3 is 2.29 bits per heavy atom. The van der Waals surface area contributed by atoms with Gasteiger partial charge in [0.05, 0.1) is 10.7 Å². The highest BCUT2D eigenvalue weighted by Crippen LogP contribution is 2.60. The molecular formula is C25H25Cl2N3O. The summed E-state index contributed by atoms with van der Waals surface area (Å²) in [7, 11) is 0. The minimum absolute atomic E-state index is 0.0299. The molecule has 8 rings (SSSR count). The number of aromatic amines is 1. The second kappa shape index (κ2) is 6.39. The molecule has 1 aromatic carbocycles. The number of rotatable bonds is 3. The van der Waals surface area contributed by atoms with E-state index < -0.39 is 0 Å². The largest absolute Gasteiger partial charge is 0.342 e. The average molecular weight is 454 g/mol. The number of aromatic nitrogens is 3. The minimum Gasteiger partial charge on any atom is -0.342 e. The summed E-state index contributed by atoms with van der Waals surface area (Å²) in [5.74, 6) is 2.87. The molecule has 5 saturated carbocycles. The molecule has 31 heavy (non-hydrogen) atoms. The Balaban J connectivity index is 1.46. The Bertz CT molecular complexity index is 1250. The number of nitrogens with one attached hydrogen (secondary N) is 1. The van der Waals surface area contributed by atoms with Crippen molar-refractivity contribution >= 4 is 28.8 Å². The molecule has 1 N–H and O–H groups in total. The van der Waals surface area contributed by atoms with E-state index >= 15 is 0 Å². The normalized spacial score (nSPS) is 31.6. The van der Waals surface area contributed by atoms with Gasteiger partial charge >= 0.3 is 0 Å². The van der Waals surface area contributed by atoms with Gasteiger partial charge in [-0.25, -0.2) is 0 Å². The lowest BCUT2D eigenvalue weighted by Gasteiger charge is -2.56. The minimum atomic E-state index is -0.0299. The summed E-state index contributed by atoms with van der Waals surface area (Å²) in [6.45, 7) is 0. The number of hydrogen-bond donors (Lipinski definition) is 1. The first-order chi connectivity index (χ1) is 15.0. The molecule has 160 valence electrons. The van der Waals surface area contributed by atoms with Crippen molar-refractivity contribution in [1.29, 1.82) is 0 Å². The van der Waals surface area contributed by atoms with Gasteiger partial charge in [0.25, 0.3) is 5.56 Å². The summed E-state index contributed by atoms with van der Waals surface area (Å²) in [5.41, 5.74) is 4.88. The molecular weight excluding hydrogens is 429 g/mol. The van der Waals surface area contributed by atoms with Crippen molar-refractivity contribution in [2.75, 3.05) is 0 Å².